The molecule has 0 saturated heterocycles. The first-order valence-corrected chi connectivity index (χ1v) is 11.7. The molecule has 0 amide bonds. The largest absolute Gasteiger partial charge is 0.378 e. The predicted molar refractivity (Wildman–Crippen MR) is 117 cm³/mol. The Labute approximate surface area is 173 Å². The monoisotopic (exact) mass is 382 g/mol. The van der Waals surface area contributed by atoms with Gasteiger partial charge in [0.25, 0.3) is 0 Å². The molecular weight excluding hydrogens is 352 g/mol. The second-order valence-corrected chi connectivity index (χ2v) is 10.8. The van der Waals surface area contributed by atoms with Crippen LogP contribution in [0.3, 0.4) is 0 Å². The minimum Gasteiger partial charge on any atom is -0.378 e. The lowest BCUT2D eigenvalue weighted by Crippen LogP contribution is -2.48. The van der Waals surface area contributed by atoms with Gasteiger partial charge in [-0.25, -0.2) is 0 Å². The summed E-state index contributed by atoms with van der Waals surface area (Å²) in [5.74, 6) is 4.17. The second kappa shape index (κ2) is 5.97. The Morgan fingerprint density at radius 1 is 0.966 bits per heavy atom. The van der Waals surface area contributed by atoms with E-state index in [1.165, 1.54) is 49.8 Å². The Hall–Kier alpha value is -2.09. The van der Waals surface area contributed by atoms with Crippen molar-refractivity contribution in [2.45, 2.75) is 62.3 Å². The number of anilines is 1. The Balaban J connectivity index is 1.29. The van der Waals surface area contributed by atoms with Crippen molar-refractivity contribution in [3.63, 3.8) is 0 Å². The van der Waals surface area contributed by atoms with Gasteiger partial charge in [0.1, 0.15) is 0 Å². The third kappa shape index (κ3) is 2.44. The van der Waals surface area contributed by atoms with Crippen LogP contribution in [0.4, 0.5) is 5.69 Å². The predicted octanol–water partition coefficient (Wildman–Crippen LogP) is 6.38. The fraction of sp³-hybridized carbons (Fsp3) is 0.519. The van der Waals surface area contributed by atoms with Crippen LogP contribution in [-0.2, 0) is 5.41 Å². The van der Waals surface area contributed by atoms with Crippen LogP contribution in [0.25, 0.3) is 0 Å². The van der Waals surface area contributed by atoms with Crippen LogP contribution in [0, 0.1) is 23.7 Å². The fourth-order valence-electron chi connectivity index (χ4n) is 8.28. The molecule has 1 aromatic carbocycles. The highest BCUT2D eigenvalue weighted by atomic mass is 15.0. The number of hydrogen-bond donors (Lipinski definition) is 1. The molecule has 2 heteroatoms. The van der Waals surface area contributed by atoms with Gasteiger partial charge in [-0.3, -0.25) is 4.98 Å². The van der Waals surface area contributed by atoms with Gasteiger partial charge in [0.2, 0.25) is 0 Å². The highest BCUT2D eigenvalue weighted by Gasteiger charge is 2.52. The first-order chi connectivity index (χ1) is 14.3. The van der Waals surface area contributed by atoms with Crippen LogP contribution < -0.4 is 5.32 Å². The maximum absolute atomic E-state index is 4.39. The van der Waals surface area contributed by atoms with Gasteiger partial charge < -0.3 is 5.32 Å². The van der Waals surface area contributed by atoms with Crippen molar-refractivity contribution in [3.05, 3.63) is 71.6 Å². The lowest BCUT2D eigenvalue weighted by Gasteiger charge is -2.57. The molecule has 2 nitrogen and oxygen atoms in total. The average Bonchev–Trinajstić information content (AvgIpc) is 3.23. The Kier molecular flexibility index (Phi) is 3.43. The molecule has 4 saturated carbocycles. The molecule has 2 heterocycles. The van der Waals surface area contributed by atoms with Crippen molar-refractivity contribution in [2.75, 3.05) is 5.32 Å². The lowest BCUT2D eigenvalue weighted by atomic mass is 9.48. The zero-order chi connectivity index (χ0) is 19.0. The Morgan fingerprint density at radius 3 is 2.48 bits per heavy atom. The van der Waals surface area contributed by atoms with Crippen LogP contribution >= 0.6 is 0 Å². The summed E-state index contributed by atoms with van der Waals surface area (Å²) in [7, 11) is 0. The van der Waals surface area contributed by atoms with Crippen molar-refractivity contribution in [3.8, 4) is 0 Å². The van der Waals surface area contributed by atoms with Crippen LogP contribution in [-0.4, -0.2) is 4.98 Å². The van der Waals surface area contributed by atoms with Crippen molar-refractivity contribution in [1.29, 1.82) is 0 Å². The Bertz CT molecular complexity index is 940. The van der Waals surface area contributed by atoms with Crippen molar-refractivity contribution in [2.24, 2.45) is 23.7 Å². The van der Waals surface area contributed by atoms with E-state index in [1.54, 1.807) is 11.1 Å². The van der Waals surface area contributed by atoms with Gasteiger partial charge in [-0.05, 0) is 103 Å². The van der Waals surface area contributed by atoms with Crippen molar-refractivity contribution in [1.82, 2.24) is 4.98 Å². The molecule has 0 unspecified atom stereocenters. The van der Waals surface area contributed by atoms with E-state index in [9.17, 15) is 0 Å². The molecule has 5 aliphatic carbocycles. The van der Waals surface area contributed by atoms with E-state index in [2.05, 4.69) is 52.8 Å². The zero-order valence-corrected chi connectivity index (χ0v) is 17.1. The maximum Gasteiger partial charge on any atom is 0.0569 e. The summed E-state index contributed by atoms with van der Waals surface area (Å²) in [4.78, 5) is 4.39. The van der Waals surface area contributed by atoms with E-state index in [-0.39, 0.29) is 0 Å². The van der Waals surface area contributed by atoms with Crippen molar-refractivity contribution < 1.29 is 0 Å². The van der Waals surface area contributed by atoms with Crippen LogP contribution in [0.15, 0.2) is 54.9 Å². The van der Waals surface area contributed by atoms with Gasteiger partial charge in [-0.15, -0.1) is 0 Å². The van der Waals surface area contributed by atoms with Gasteiger partial charge in [-0.1, -0.05) is 30.4 Å². The highest BCUT2D eigenvalue weighted by molar-refractivity contribution is 5.61. The van der Waals surface area contributed by atoms with Crippen LogP contribution in [0.2, 0.25) is 0 Å². The third-order valence-corrected chi connectivity index (χ3v) is 9.06. The normalized spacial score (nSPS) is 41.1. The molecule has 1 aliphatic heterocycles. The molecule has 0 spiro atoms. The molecule has 29 heavy (non-hydrogen) atoms. The van der Waals surface area contributed by atoms with E-state index in [0.717, 1.165) is 24.2 Å². The fourth-order valence-corrected chi connectivity index (χ4v) is 8.28. The smallest absolute Gasteiger partial charge is 0.0569 e. The van der Waals surface area contributed by atoms with Gasteiger partial charge in [0, 0.05) is 24.0 Å². The Morgan fingerprint density at radius 2 is 1.76 bits per heavy atom. The molecule has 1 aromatic heterocycles. The maximum atomic E-state index is 4.39. The van der Waals surface area contributed by atoms with E-state index in [4.69, 9.17) is 0 Å². The minimum absolute atomic E-state index is 0.363. The standard InChI is InChI=1S/C27H30N2/c1-4-22-23(5-1)26(20-3-2-8-28-16-20)29-25-7-6-21(12-24(22)25)27-13-17-9-18(14-27)11-19(10-17)15-27/h1-4,6-8,12,16-19,22-23,26,29H,5,9-11,13-15H2/t17?,18?,19?,22-,23+,26+,27?/m0/s1. The number of nitrogens with zero attached hydrogens (tertiary/aromatic N) is 1. The van der Waals surface area contributed by atoms with E-state index in [0.29, 0.717) is 23.3 Å². The molecule has 1 N–H and O–H groups in total. The molecule has 0 radical (unpaired) electrons. The molecule has 2 aromatic rings. The van der Waals surface area contributed by atoms with Crippen molar-refractivity contribution >= 4 is 5.69 Å². The molecule has 6 aliphatic rings. The van der Waals surface area contributed by atoms with E-state index in [1.807, 2.05) is 12.4 Å². The summed E-state index contributed by atoms with van der Waals surface area (Å²) in [6.07, 6.45) is 18.9. The van der Waals surface area contributed by atoms with Gasteiger partial charge >= 0.3 is 0 Å². The number of hydrogen-bond acceptors (Lipinski definition) is 2. The summed E-state index contributed by atoms with van der Waals surface area (Å²) in [6.45, 7) is 0. The number of allylic oxidation sites excluding steroid dienone is 2. The molecule has 8 rings (SSSR count). The van der Waals surface area contributed by atoms with Crippen LogP contribution in [0.5, 0.6) is 0 Å². The lowest BCUT2D eigenvalue weighted by molar-refractivity contribution is -0.00523. The highest BCUT2D eigenvalue weighted by Crippen LogP contribution is 2.61. The van der Waals surface area contributed by atoms with Crippen LogP contribution in [0.1, 0.15) is 73.6 Å². The first-order valence-electron chi connectivity index (χ1n) is 11.7. The number of nitrogens with one attached hydrogen (secondary N) is 1. The summed E-state index contributed by atoms with van der Waals surface area (Å²) in [5, 5.41) is 3.91. The van der Waals surface area contributed by atoms with Gasteiger partial charge in [0.15, 0.2) is 0 Å². The zero-order valence-electron chi connectivity index (χ0n) is 17.1. The number of pyridine rings is 1. The van der Waals surface area contributed by atoms with E-state index >= 15 is 0 Å². The first kappa shape index (κ1) is 16.7. The van der Waals surface area contributed by atoms with Gasteiger partial charge in [-0.2, -0.15) is 0 Å². The second-order valence-electron chi connectivity index (χ2n) is 10.8. The summed E-state index contributed by atoms with van der Waals surface area (Å²) < 4.78 is 0. The average molecular weight is 383 g/mol. The molecule has 4 bridgehead atoms. The minimum atomic E-state index is 0.363. The molecule has 148 valence electrons. The third-order valence-electron chi connectivity index (χ3n) is 9.06. The van der Waals surface area contributed by atoms with Gasteiger partial charge in [0.05, 0.1) is 6.04 Å². The number of aromatic nitrogens is 1. The quantitative estimate of drug-likeness (QED) is 0.610. The number of rotatable bonds is 2. The SMILES string of the molecule is C1=C[C@@H]2c3cc(C45CC6CC(CC(C6)C4)C5)ccc3N[C@H](c3cccnc3)[C@@H]2C1. The summed E-state index contributed by atoms with van der Waals surface area (Å²) in [6, 6.07) is 12.2. The summed E-state index contributed by atoms with van der Waals surface area (Å²) >= 11 is 0. The van der Waals surface area contributed by atoms with E-state index < -0.39 is 0 Å². The number of fused-ring (bicyclic) bond motifs is 3. The molecule has 3 atom stereocenters. The topological polar surface area (TPSA) is 24.9 Å². The molecule has 4 fully saturated rings. The summed E-state index contributed by atoms with van der Waals surface area (Å²) in [5.41, 5.74) is 6.37. The molecular formula is C27H30N2. The number of benzene rings is 1.